The number of nitrogens with zero attached hydrogens (tertiary/aromatic N) is 2. The molecule has 0 spiro atoms. The second kappa shape index (κ2) is 7.77. The van der Waals surface area contributed by atoms with Crippen molar-refractivity contribution < 1.29 is 4.79 Å². The zero-order valence-corrected chi connectivity index (χ0v) is 14.5. The number of anilines is 1. The Balaban J connectivity index is 2.85. The molecule has 0 atom stereocenters. The highest BCUT2D eigenvalue weighted by Gasteiger charge is 2.17. The van der Waals surface area contributed by atoms with Crippen LogP contribution in [0.4, 0.5) is 5.13 Å². The van der Waals surface area contributed by atoms with Crippen LogP contribution in [0.15, 0.2) is 0 Å². The van der Waals surface area contributed by atoms with E-state index in [0.717, 1.165) is 41.6 Å². The quantitative estimate of drug-likeness (QED) is 0.660. The molecule has 1 aromatic heterocycles. The average Bonchev–Trinajstić information content (AvgIpc) is 2.70. The summed E-state index contributed by atoms with van der Waals surface area (Å²) in [6.45, 7) is 14.6. The molecule has 0 aromatic carbocycles. The maximum atomic E-state index is 11.6. The molecule has 0 N–H and O–H groups in total. The summed E-state index contributed by atoms with van der Waals surface area (Å²) in [4.78, 5) is 19.4. The minimum atomic E-state index is 0.124. The molecule has 0 aliphatic heterocycles. The molecule has 0 aliphatic carbocycles. The van der Waals surface area contributed by atoms with Gasteiger partial charge in [-0.25, -0.2) is 4.98 Å². The Hall–Kier alpha value is -0.900. The van der Waals surface area contributed by atoms with Crippen LogP contribution in [-0.4, -0.2) is 23.9 Å². The monoisotopic (exact) mass is 296 g/mol. The predicted molar refractivity (Wildman–Crippen MR) is 88.0 cm³/mol. The van der Waals surface area contributed by atoms with Crippen LogP contribution in [0.3, 0.4) is 0 Å². The van der Waals surface area contributed by atoms with Crippen molar-refractivity contribution in [2.75, 3.05) is 18.0 Å². The van der Waals surface area contributed by atoms with Gasteiger partial charge in [0.25, 0.3) is 0 Å². The summed E-state index contributed by atoms with van der Waals surface area (Å²) in [6.07, 6.45) is 2.32. The molecule has 0 saturated carbocycles. The third-order valence-corrected chi connectivity index (χ3v) is 4.65. The minimum Gasteiger partial charge on any atom is -0.348 e. The van der Waals surface area contributed by atoms with Crippen molar-refractivity contribution in [2.24, 2.45) is 11.8 Å². The number of carbonyl (C=O) groups is 1. The summed E-state index contributed by atoms with van der Waals surface area (Å²) in [5, 5.41) is 1.01. The van der Waals surface area contributed by atoms with Crippen molar-refractivity contribution in [1.82, 2.24) is 4.98 Å². The van der Waals surface area contributed by atoms with Gasteiger partial charge in [0, 0.05) is 20.0 Å². The first-order chi connectivity index (χ1) is 9.31. The summed E-state index contributed by atoms with van der Waals surface area (Å²) < 4.78 is 0. The number of aryl methyl sites for hydroxylation is 1. The number of Topliss-reactive ketones (excluding diaryl/α,β-unsaturated/α-hetero) is 1. The van der Waals surface area contributed by atoms with Gasteiger partial charge in [-0.15, -0.1) is 0 Å². The van der Waals surface area contributed by atoms with E-state index in [4.69, 9.17) is 0 Å². The molecule has 0 fully saturated rings. The van der Waals surface area contributed by atoms with Gasteiger partial charge in [-0.3, -0.25) is 4.79 Å². The fourth-order valence-corrected chi connectivity index (χ4v) is 2.99. The van der Waals surface area contributed by atoms with Gasteiger partial charge in [0.1, 0.15) is 0 Å². The SMILES string of the molecule is CC(=O)c1sc(N(CCC(C)C)CCC(C)C)nc1C. The van der Waals surface area contributed by atoms with E-state index in [9.17, 15) is 4.79 Å². The zero-order valence-electron chi connectivity index (χ0n) is 13.7. The molecular formula is C16H28N2OS. The zero-order chi connectivity index (χ0) is 15.3. The van der Waals surface area contributed by atoms with Crippen molar-refractivity contribution in [2.45, 2.75) is 54.4 Å². The summed E-state index contributed by atoms with van der Waals surface area (Å²) in [5.74, 6) is 1.49. The molecule has 0 amide bonds. The molecule has 3 nitrogen and oxygen atoms in total. The molecule has 4 heteroatoms. The number of ketones is 1. The van der Waals surface area contributed by atoms with Crippen molar-refractivity contribution in [3.63, 3.8) is 0 Å². The van der Waals surface area contributed by atoms with E-state index >= 15 is 0 Å². The Morgan fingerprint density at radius 3 is 2.00 bits per heavy atom. The van der Waals surface area contributed by atoms with Gasteiger partial charge in [-0.1, -0.05) is 39.0 Å². The first kappa shape index (κ1) is 17.2. The van der Waals surface area contributed by atoms with Crippen LogP contribution >= 0.6 is 11.3 Å². The highest BCUT2D eigenvalue weighted by atomic mass is 32.1. The molecule has 1 aromatic rings. The topological polar surface area (TPSA) is 33.2 Å². The van der Waals surface area contributed by atoms with Gasteiger partial charge < -0.3 is 4.90 Å². The lowest BCUT2D eigenvalue weighted by molar-refractivity contribution is 0.102. The van der Waals surface area contributed by atoms with E-state index in [1.807, 2.05) is 6.92 Å². The van der Waals surface area contributed by atoms with Gasteiger partial charge >= 0.3 is 0 Å². The lowest BCUT2D eigenvalue weighted by Gasteiger charge is -2.23. The molecule has 1 heterocycles. The molecule has 0 radical (unpaired) electrons. The van der Waals surface area contributed by atoms with Crippen LogP contribution in [0.2, 0.25) is 0 Å². The lowest BCUT2D eigenvalue weighted by atomic mass is 10.1. The van der Waals surface area contributed by atoms with Crippen LogP contribution in [-0.2, 0) is 0 Å². The second-order valence-corrected chi connectivity index (χ2v) is 7.30. The normalized spacial score (nSPS) is 11.4. The molecular weight excluding hydrogens is 268 g/mol. The number of hydrogen-bond acceptors (Lipinski definition) is 4. The highest BCUT2D eigenvalue weighted by molar-refractivity contribution is 7.17. The Morgan fingerprint density at radius 2 is 1.65 bits per heavy atom. The third kappa shape index (κ3) is 5.23. The first-order valence-electron chi connectivity index (χ1n) is 7.54. The Kier molecular flexibility index (Phi) is 6.66. The fraction of sp³-hybridized carbons (Fsp3) is 0.750. The number of aromatic nitrogens is 1. The van der Waals surface area contributed by atoms with Gasteiger partial charge in [0.15, 0.2) is 10.9 Å². The minimum absolute atomic E-state index is 0.124. The second-order valence-electron chi connectivity index (χ2n) is 6.32. The van der Waals surface area contributed by atoms with Crippen LogP contribution in [0.25, 0.3) is 0 Å². The highest BCUT2D eigenvalue weighted by Crippen LogP contribution is 2.27. The molecule has 0 aliphatic rings. The van der Waals surface area contributed by atoms with Gasteiger partial charge in [0.05, 0.1) is 10.6 Å². The predicted octanol–water partition coefficient (Wildman–Crippen LogP) is 4.55. The Morgan fingerprint density at radius 1 is 1.15 bits per heavy atom. The van der Waals surface area contributed by atoms with Crippen molar-refractivity contribution in [3.05, 3.63) is 10.6 Å². The summed E-state index contributed by atoms with van der Waals surface area (Å²) in [7, 11) is 0. The maximum absolute atomic E-state index is 11.6. The molecule has 114 valence electrons. The van der Waals surface area contributed by atoms with Crippen LogP contribution in [0.1, 0.15) is 62.8 Å². The fourth-order valence-electron chi connectivity index (χ4n) is 1.98. The van der Waals surface area contributed by atoms with Crippen molar-refractivity contribution in [3.8, 4) is 0 Å². The van der Waals surface area contributed by atoms with Gasteiger partial charge in [0.2, 0.25) is 0 Å². The summed E-state index contributed by atoms with van der Waals surface area (Å²) in [6, 6.07) is 0. The Labute approximate surface area is 127 Å². The number of carbonyl (C=O) groups excluding carboxylic acids is 1. The number of hydrogen-bond donors (Lipinski definition) is 0. The standard InChI is InChI=1S/C16H28N2OS/c1-11(2)7-9-18(10-8-12(3)4)16-17-13(5)15(20-16)14(6)19/h11-12H,7-10H2,1-6H3. The van der Waals surface area contributed by atoms with E-state index < -0.39 is 0 Å². The smallest absolute Gasteiger partial charge is 0.186 e. The Bertz CT molecular complexity index is 426. The molecule has 0 bridgehead atoms. The van der Waals surface area contributed by atoms with Crippen LogP contribution in [0, 0.1) is 18.8 Å². The summed E-state index contributed by atoms with van der Waals surface area (Å²) in [5.41, 5.74) is 0.872. The lowest BCUT2D eigenvalue weighted by Crippen LogP contribution is -2.27. The van der Waals surface area contributed by atoms with E-state index in [0.29, 0.717) is 11.8 Å². The molecule has 0 unspecified atom stereocenters. The number of rotatable bonds is 8. The van der Waals surface area contributed by atoms with Gasteiger partial charge in [-0.2, -0.15) is 0 Å². The van der Waals surface area contributed by atoms with Crippen LogP contribution in [0.5, 0.6) is 0 Å². The van der Waals surface area contributed by atoms with Crippen LogP contribution < -0.4 is 4.90 Å². The van der Waals surface area contributed by atoms with E-state index in [2.05, 4.69) is 37.6 Å². The molecule has 1 rings (SSSR count). The van der Waals surface area contributed by atoms with Gasteiger partial charge in [-0.05, 0) is 31.6 Å². The molecule has 0 saturated heterocycles. The first-order valence-corrected chi connectivity index (χ1v) is 8.36. The van der Waals surface area contributed by atoms with E-state index in [-0.39, 0.29) is 5.78 Å². The van der Waals surface area contributed by atoms with E-state index in [1.165, 1.54) is 0 Å². The third-order valence-electron chi connectivity index (χ3n) is 3.33. The molecule has 20 heavy (non-hydrogen) atoms. The maximum Gasteiger partial charge on any atom is 0.186 e. The largest absolute Gasteiger partial charge is 0.348 e. The average molecular weight is 296 g/mol. The number of thiazole rings is 1. The van der Waals surface area contributed by atoms with Crippen molar-refractivity contribution in [1.29, 1.82) is 0 Å². The van der Waals surface area contributed by atoms with E-state index in [1.54, 1.807) is 18.3 Å². The summed E-state index contributed by atoms with van der Waals surface area (Å²) >= 11 is 1.54. The van der Waals surface area contributed by atoms with Crippen molar-refractivity contribution >= 4 is 22.3 Å².